The number of ether oxygens (including phenoxy) is 1. The second-order valence-electron chi connectivity index (χ2n) is 2.60. The molecule has 1 N–H and O–H groups in total. The highest BCUT2D eigenvalue weighted by molar-refractivity contribution is 4.98. The van der Waals surface area contributed by atoms with Crippen molar-refractivity contribution in [1.82, 2.24) is 0 Å². The van der Waals surface area contributed by atoms with Crippen LogP contribution in [0.25, 0.3) is 0 Å². The minimum Gasteiger partial charge on any atom is -0.394 e. The molecule has 0 radical (unpaired) electrons. The van der Waals surface area contributed by atoms with E-state index < -0.39 is 10.7 Å². The molecule has 0 saturated carbocycles. The van der Waals surface area contributed by atoms with Crippen LogP contribution in [0.2, 0.25) is 0 Å². The Morgan fingerprint density at radius 2 is 2.55 bits per heavy atom. The smallest absolute Gasteiger partial charge is 0.294 e. The summed E-state index contributed by atoms with van der Waals surface area (Å²) in [6, 6.07) is 0. The molecular weight excluding hydrogens is 154 g/mol. The average Bonchev–Trinajstić information content (AvgIpc) is 2.59. The van der Waals surface area contributed by atoms with Crippen LogP contribution in [0.3, 0.4) is 0 Å². The molecule has 1 aliphatic heterocycles. The fourth-order valence-corrected chi connectivity index (χ4v) is 0.829. The lowest BCUT2D eigenvalue weighted by Crippen LogP contribution is -2.22. The Morgan fingerprint density at radius 1 is 1.91 bits per heavy atom. The summed E-state index contributed by atoms with van der Waals surface area (Å²) in [6.07, 6.45) is -0.317. The molecule has 0 aromatic rings. The number of aliphatic hydroxyl groups excluding tert-OH is 1. The monoisotopic (exact) mass is 163 g/mol. The summed E-state index contributed by atoms with van der Waals surface area (Å²) in [5.41, 5.74) is -0.665. The molecule has 0 aliphatic carbocycles. The summed E-state index contributed by atoms with van der Waals surface area (Å²) >= 11 is 0. The maximum Gasteiger partial charge on any atom is 0.294 e. The molecule has 0 aromatic carbocycles. The number of hydrogen-bond donors (Lipinski definition) is 1. The van der Waals surface area contributed by atoms with Gasteiger partial charge in [0.05, 0.1) is 6.61 Å². The van der Waals surface area contributed by atoms with Crippen LogP contribution in [-0.4, -0.2) is 35.1 Å². The van der Waals surface area contributed by atoms with Crippen molar-refractivity contribution < 1.29 is 19.8 Å². The Balaban J connectivity index is 2.23. The van der Waals surface area contributed by atoms with Crippen molar-refractivity contribution in [1.29, 1.82) is 0 Å². The lowest BCUT2D eigenvalue weighted by atomic mass is 10.1. The van der Waals surface area contributed by atoms with Crippen molar-refractivity contribution in [2.24, 2.45) is 0 Å². The highest BCUT2D eigenvalue weighted by Gasteiger charge is 2.52. The van der Waals surface area contributed by atoms with Crippen molar-refractivity contribution in [3.63, 3.8) is 0 Å². The van der Waals surface area contributed by atoms with Gasteiger partial charge in [-0.2, -0.15) is 0 Å². The molecular formula is C5H9NO5. The Hall–Kier alpha value is -0.880. The quantitative estimate of drug-likeness (QED) is 0.338. The summed E-state index contributed by atoms with van der Waals surface area (Å²) in [7, 11) is 0. The molecule has 11 heavy (non-hydrogen) atoms. The van der Waals surface area contributed by atoms with Gasteiger partial charge in [0.2, 0.25) is 0 Å². The van der Waals surface area contributed by atoms with Crippen molar-refractivity contribution in [2.75, 3.05) is 13.2 Å². The molecule has 0 amide bonds. The fraction of sp³-hybridized carbons (Fsp3) is 1.00. The molecule has 0 spiro atoms. The molecule has 1 saturated heterocycles. The topological polar surface area (TPSA) is 85.1 Å². The van der Waals surface area contributed by atoms with E-state index in [1.165, 1.54) is 0 Å². The van der Waals surface area contributed by atoms with E-state index in [1.54, 1.807) is 6.92 Å². The van der Waals surface area contributed by atoms with Gasteiger partial charge in [0.25, 0.3) is 5.09 Å². The van der Waals surface area contributed by atoms with E-state index in [0.29, 0.717) is 0 Å². The summed E-state index contributed by atoms with van der Waals surface area (Å²) in [5.74, 6) is 0. The minimum absolute atomic E-state index is 0.120. The zero-order valence-corrected chi connectivity index (χ0v) is 6.02. The summed E-state index contributed by atoms with van der Waals surface area (Å²) in [5, 5.41) is 17.4. The van der Waals surface area contributed by atoms with Crippen LogP contribution in [0.5, 0.6) is 0 Å². The molecule has 1 fully saturated rings. The Kier molecular flexibility index (Phi) is 1.97. The van der Waals surface area contributed by atoms with Crippen molar-refractivity contribution in [3.05, 3.63) is 10.1 Å². The lowest BCUT2D eigenvalue weighted by Gasteiger charge is -2.01. The first kappa shape index (κ1) is 8.22. The largest absolute Gasteiger partial charge is 0.394 e. The highest BCUT2D eigenvalue weighted by Crippen LogP contribution is 2.35. The van der Waals surface area contributed by atoms with E-state index in [2.05, 4.69) is 4.84 Å². The van der Waals surface area contributed by atoms with Crippen LogP contribution in [0.1, 0.15) is 6.92 Å². The molecule has 6 heteroatoms. The Bertz CT molecular complexity index is 172. The fourth-order valence-electron chi connectivity index (χ4n) is 0.829. The maximum atomic E-state index is 9.73. The third kappa shape index (κ3) is 1.78. The second-order valence-corrected chi connectivity index (χ2v) is 2.60. The molecule has 1 heterocycles. The van der Waals surface area contributed by atoms with Crippen LogP contribution in [0, 0.1) is 10.1 Å². The first-order valence-corrected chi connectivity index (χ1v) is 3.14. The summed E-state index contributed by atoms with van der Waals surface area (Å²) in [6.45, 7) is 1.40. The van der Waals surface area contributed by atoms with E-state index >= 15 is 0 Å². The first-order valence-electron chi connectivity index (χ1n) is 3.14. The van der Waals surface area contributed by atoms with Gasteiger partial charge in [0.1, 0.15) is 18.3 Å². The predicted octanol–water partition coefficient (Wildman–Crippen LogP) is -0.655. The number of aliphatic hydroxyl groups is 1. The summed E-state index contributed by atoms with van der Waals surface area (Å²) < 4.78 is 4.92. The van der Waals surface area contributed by atoms with Gasteiger partial charge in [-0.15, -0.1) is 10.1 Å². The van der Waals surface area contributed by atoms with E-state index in [0.717, 1.165) is 0 Å². The maximum absolute atomic E-state index is 9.73. The van der Waals surface area contributed by atoms with Gasteiger partial charge in [-0.3, -0.25) is 0 Å². The number of rotatable bonds is 4. The van der Waals surface area contributed by atoms with Crippen molar-refractivity contribution >= 4 is 0 Å². The van der Waals surface area contributed by atoms with Crippen LogP contribution < -0.4 is 0 Å². The third-order valence-corrected chi connectivity index (χ3v) is 1.66. The van der Waals surface area contributed by atoms with E-state index in [4.69, 9.17) is 9.84 Å². The van der Waals surface area contributed by atoms with Gasteiger partial charge < -0.3 is 14.7 Å². The molecule has 1 rings (SSSR count). The standard InChI is InChI=1S/C5H9NO5/c1-5(3-10-6(8)9)4(2-7)11-5/h4,7H,2-3H2,1H3. The van der Waals surface area contributed by atoms with Crippen LogP contribution in [0.15, 0.2) is 0 Å². The molecule has 64 valence electrons. The second kappa shape index (κ2) is 2.63. The van der Waals surface area contributed by atoms with Crippen LogP contribution >= 0.6 is 0 Å². The van der Waals surface area contributed by atoms with Crippen molar-refractivity contribution in [3.8, 4) is 0 Å². The zero-order chi connectivity index (χ0) is 8.48. The van der Waals surface area contributed by atoms with Gasteiger partial charge in [0.15, 0.2) is 0 Å². The summed E-state index contributed by atoms with van der Waals surface area (Å²) in [4.78, 5) is 13.8. The average molecular weight is 163 g/mol. The Morgan fingerprint density at radius 3 is 2.91 bits per heavy atom. The molecule has 1 aliphatic rings. The first-order chi connectivity index (χ1) is 5.08. The van der Waals surface area contributed by atoms with Gasteiger partial charge in [-0.05, 0) is 6.92 Å². The van der Waals surface area contributed by atoms with Gasteiger partial charge in [-0.1, -0.05) is 0 Å². The van der Waals surface area contributed by atoms with Crippen molar-refractivity contribution in [2.45, 2.75) is 18.6 Å². The minimum atomic E-state index is -0.874. The molecule has 2 unspecified atom stereocenters. The predicted molar refractivity (Wildman–Crippen MR) is 33.3 cm³/mol. The highest BCUT2D eigenvalue weighted by atomic mass is 17.0. The third-order valence-electron chi connectivity index (χ3n) is 1.66. The van der Waals surface area contributed by atoms with E-state index in [1.807, 2.05) is 0 Å². The van der Waals surface area contributed by atoms with E-state index in [9.17, 15) is 10.1 Å². The molecule has 0 bridgehead atoms. The van der Waals surface area contributed by atoms with E-state index in [-0.39, 0.29) is 19.3 Å². The molecule has 2 atom stereocenters. The SMILES string of the molecule is CC1(CO[N+](=O)[O-])OC1CO. The van der Waals surface area contributed by atoms with Gasteiger partial charge in [0, 0.05) is 0 Å². The van der Waals surface area contributed by atoms with Gasteiger partial charge >= 0.3 is 0 Å². The normalized spacial score (nSPS) is 34.9. The van der Waals surface area contributed by atoms with Crippen LogP contribution in [0.4, 0.5) is 0 Å². The number of hydrogen-bond acceptors (Lipinski definition) is 5. The zero-order valence-electron chi connectivity index (χ0n) is 6.02. The van der Waals surface area contributed by atoms with Gasteiger partial charge in [-0.25, -0.2) is 0 Å². The number of epoxide rings is 1. The number of nitrogens with zero attached hydrogens (tertiary/aromatic N) is 1. The lowest BCUT2D eigenvalue weighted by molar-refractivity contribution is -0.759. The Labute approximate surface area is 62.8 Å². The molecule has 6 nitrogen and oxygen atoms in total. The molecule has 0 aromatic heterocycles. The van der Waals surface area contributed by atoms with Crippen LogP contribution in [-0.2, 0) is 9.57 Å².